The van der Waals surface area contributed by atoms with E-state index in [2.05, 4.69) is 41.2 Å². The van der Waals surface area contributed by atoms with E-state index in [0.717, 1.165) is 22.5 Å². The molecule has 1 rings (SSSR count). The zero-order valence-corrected chi connectivity index (χ0v) is 13.3. The summed E-state index contributed by atoms with van der Waals surface area (Å²) in [6.07, 6.45) is 0.120. The number of nitrogens with one attached hydrogen (secondary N) is 1. The lowest BCUT2D eigenvalue weighted by Crippen LogP contribution is -2.21. The first-order valence-corrected chi connectivity index (χ1v) is 6.99. The molecule has 0 amide bonds. The maximum atomic E-state index is 5.76. The molecular weight excluding hydrogens is 294 g/mol. The van der Waals surface area contributed by atoms with E-state index in [4.69, 9.17) is 9.47 Å². The van der Waals surface area contributed by atoms with Crippen LogP contribution < -0.4 is 14.8 Å². The van der Waals surface area contributed by atoms with Crippen LogP contribution in [0.3, 0.4) is 0 Å². The Kier molecular flexibility index (Phi) is 5.96. The van der Waals surface area contributed by atoms with Crippen LogP contribution in [0.4, 0.5) is 0 Å². The van der Waals surface area contributed by atoms with E-state index in [0.29, 0.717) is 6.04 Å². The molecule has 0 radical (unpaired) electrons. The summed E-state index contributed by atoms with van der Waals surface area (Å²) in [5, 5.41) is 3.38. The predicted molar refractivity (Wildman–Crippen MR) is 78.4 cm³/mol. The highest BCUT2D eigenvalue weighted by atomic mass is 79.9. The summed E-state index contributed by atoms with van der Waals surface area (Å²) in [6.45, 7) is 9.07. The van der Waals surface area contributed by atoms with E-state index in [1.54, 1.807) is 7.11 Å². The molecule has 0 fully saturated rings. The highest BCUT2D eigenvalue weighted by Gasteiger charge is 2.13. The van der Waals surface area contributed by atoms with E-state index in [1.165, 1.54) is 5.56 Å². The molecule has 1 aromatic rings. The third-order valence-corrected chi connectivity index (χ3v) is 2.95. The quantitative estimate of drug-likeness (QED) is 0.867. The first-order valence-electron chi connectivity index (χ1n) is 6.20. The maximum absolute atomic E-state index is 5.76. The van der Waals surface area contributed by atoms with Crippen LogP contribution in [-0.2, 0) is 6.54 Å². The van der Waals surface area contributed by atoms with Crippen molar-refractivity contribution in [3.63, 3.8) is 0 Å². The van der Waals surface area contributed by atoms with Gasteiger partial charge in [-0.15, -0.1) is 0 Å². The van der Waals surface area contributed by atoms with Crippen LogP contribution in [0.15, 0.2) is 16.6 Å². The summed E-state index contributed by atoms with van der Waals surface area (Å²) in [7, 11) is 1.66. The van der Waals surface area contributed by atoms with Gasteiger partial charge in [-0.1, -0.05) is 13.8 Å². The Bertz CT molecular complexity index is 392. The van der Waals surface area contributed by atoms with Gasteiger partial charge in [0.1, 0.15) is 0 Å². The van der Waals surface area contributed by atoms with Gasteiger partial charge < -0.3 is 14.8 Å². The van der Waals surface area contributed by atoms with Crippen molar-refractivity contribution in [3.8, 4) is 11.5 Å². The summed E-state index contributed by atoms with van der Waals surface area (Å²) in [5.74, 6) is 1.53. The fourth-order valence-electron chi connectivity index (χ4n) is 1.55. The molecule has 4 heteroatoms. The zero-order chi connectivity index (χ0) is 13.7. The predicted octanol–water partition coefficient (Wildman–Crippen LogP) is 3.74. The number of halogens is 1. The standard InChI is InChI=1S/C14H22BrNO2/c1-9(2)16-8-11-6-12(15)14(18-10(3)4)13(7-11)17-5/h6-7,9-10,16H,8H2,1-5H3. The first kappa shape index (κ1) is 15.3. The summed E-state index contributed by atoms with van der Waals surface area (Å²) in [5.41, 5.74) is 1.17. The molecule has 102 valence electrons. The molecule has 0 unspecified atom stereocenters. The monoisotopic (exact) mass is 315 g/mol. The minimum atomic E-state index is 0.120. The van der Waals surface area contributed by atoms with E-state index in [1.807, 2.05) is 19.9 Å². The minimum absolute atomic E-state index is 0.120. The SMILES string of the molecule is COc1cc(CNC(C)C)cc(Br)c1OC(C)C. The number of rotatable bonds is 6. The van der Waals surface area contributed by atoms with E-state index < -0.39 is 0 Å². The summed E-state index contributed by atoms with van der Waals surface area (Å²) >= 11 is 3.54. The Morgan fingerprint density at radius 3 is 2.39 bits per heavy atom. The average Bonchev–Trinajstić information content (AvgIpc) is 2.28. The van der Waals surface area contributed by atoms with Crippen LogP contribution in [0.5, 0.6) is 11.5 Å². The van der Waals surface area contributed by atoms with Crippen LogP contribution >= 0.6 is 15.9 Å². The van der Waals surface area contributed by atoms with Crippen LogP contribution in [-0.4, -0.2) is 19.3 Å². The Balaban J connectivity index is 2.95. The molecule has 0 saturated carbocycles. The van der Waals surface area contributed by atoms with Crippen molar-refractivity contribution in [1.82, 2.24) is 5.32 Å². The lowest BCUT2D eigenvalue weighted by molar-refractivity contribution is 0.228. The second kappa shape index (κ2) is 7.00. The highest BCUT2D eigenvalue weighted by Crippen LogP contribution is 2.37. The Morgan fingerprint density at radius 2 is 1.89 bits per heavy atom. The van der Waals surface area contributed by atoms with E-state index in [-0.39, 0.29) is 6.10 Å². The lowest BCUT2D eigenvalue weighted by Gasteiger charge is -2.17. The second-order valence-electron chi connectivity index (χ2n) is 4.81. The number of hydrogen-bond donors (Lipinski definition) is 1. The minimum Gasteiger partial charge on any atom is -0.493 e. The van der Waals surface area contributed by atoms with Crippen LogP contribution in [0.25, 0.3) is 0 Å². The molecule has 0 spiro atoms. The molecule has 0 saturated heterocycles. The fourth-order valence-corrected chi connectivity index (χ4v) is 2.13. The third-order valence-electron chi connectivity index (χ3n) is 2.36. The molecule has 1 aromatic carbocycles. The lowest BCUT2D eigenvalue weighted by atomic mass is 10.2. The summed E-state index contributed by atoms with van der Waals surface area (Å²) in [4.78, 5) is 0. The van der Waals surface area contributed by atoms with Gasteiger partial charge in [-0.3, -0.25) is 0 Å². The van der Waals surface area contributed by atoms with Crippen molar-refractivity contribution in [2.24, 2.45) is 0 Å². The van der Waals surface area contributed by atoms with Gasteiger partial charge in [0.15, 0.2) is 11.5 Å². The molecule has 0 heterocycles. The molecular formula is C14H22BrNO2. The van der Waals surface area contributed by atoms with Crippen LogP contribution in [0, 0.1) is 0 Å². The van der Waals surface area contributed by atoms with Gasteiger partial charge in [0, 0.05) is 12.6 Å². The van der Waals surface area contributed by atoms with Gasteiger partial charge >= 0.3 is 0 Å². The number of ether oxygens (including phenoxy) is 2. The Morgan fingerprint density at radius 1 is 1.22 bits per heavy atom. The Labute approximate surface area is 118 Å². The fraction of sp³-hybridized carbons (Fsp3) is 0.571. The molecule has 0 atom stereocenters. The van der Waals surface area contributed by atoms with E-state index >= 15 is 0 Å². The Hall–Kier alpha value is -0.740. The summed E-state index contributed by atoms with van der Waals surface area (Å²) in [6, 6.07) is 4.54. The van der Waals surface area contributed by atoms with Crippen molar-refractivity contribution < 1.29 is 9.47 Å². The third kappa shape index (κ3) is 4.50. The summed E-state index contributed by atoms with van der Waals surface area (Å²) < 4.78 is 12.1. The number of benzene rings is 1. The highest BCUT2D eigenvalue weighted by molar-refractivity contribution is 9.10. The number of methoxy groups -OCH3 is 1. The smallest absolute Gasteiger partial charge is 0.175 e. The molecule has 3 nitrogen and oxygen atoms in total. The van der Waals surface area contributed by atoms with Crippen LogP contribution in [0.1, 0.15) is 33.3 Å². The van der Waals surface area contributed by atoms with Crippen molar-refractivity contribution >= 4 is 15.9 Å². The van der Waals surface area contributed by atoms with Gasteiger partial charge in [0.05, 0.1) is 17.7 Å². The van der Waals surface area contributed by atoms with Crippen molar-refractivity contribution in [3.05, 3.63) is 22.2 Å². The molecule has 0 aliphatic heterocycles. The van der Waals surface area contributed by atoms with Gasteiger partial charge in [-0.2, -0.15) is 0 Å². The molecule has 0 aliphatic carbocycles. The topological polar surface area (TPSA) is 30.5 Å². The van der Waals surface area contributed by atoms with Gasteiger partial charge in [-0.25, -0.2) is 0 Å². The van der Waals surface area contributed by atoms with Gasteiger partial charge in [0.25, 0.3) is 0 Å². The van der Waals surface area contributed by atoms with Crippen molar-refractivity contribution in [2.75, 3.05) is 7.11 Å². The average molecular weight is 316 g/mol. The maximum Gasteiger partial charge on any atom is 0.175 e. The molecule has 0 bridgehead atoms. The zero-order valence-electron chi connectivity index (χ0n) is 11.7. The van der Waals surface area contributed by atoms with Crippen molar-refractivity contribution in [2.45, 2.75) is 46.4 Å². The van der Waals surface area contributed by atoms with Crippen LogP contribution in [0.2, 0.25) is 0 Å². The van der Waals surface area contributed by atoms with Crippen molar-refractivity contribution in [1.29, 1.82) is 0 Å². The largest absolute Gasteiger partial charge is 0.493 e. The van der Waals surface area contributed by atoms with E-state index in [9.17, 15) is 0 Å². The van der Waals surface area contributed by atoms with Gasteiger partial charge in [0.2, 0.25) is 0 Å². The normalized spacial score (nSPS) is 11.1. The first-order chi connectivity index (χ1) is 8.43. The van der Waals surface area contributed by atoms with Gasteiger partial charge in [-0.05, 0) is 47.5 Å². The molecule has 18 heavy (non-hydrogen) atoms. The molecule has 0 aliphatic rings. The molecule has 1 N–H and O–H groups in total. The number of hydrogen-bond acceptors (Lipinski definition) is 3. The second-order valence-corrected chi connectivity index (χ2v) is 5.67. The molecule has 0 aromatic heterocycles.